The van der Waals surface area contributed by atoms with Gasteiger partial charge < -0.3 is 9.64 Å². The Bertz CT molecular complexity index is 247. The number of nitrogens with zero attached hydrogens (tertiary/aromatic N) is 1. The van der Waals surface area contributed by atoms with Crippen LogP contribution in [0.15, 0.2) is 0 Å². The molecule has 0 bridgehead atoms. The maximum atomic E-state index is 12.0. The van der Waals surface area contributed by atoms with Crippen LogP contribution in [0.2, 0.25) is 0 Å². The van der Waals surface area contributed by atoms with Crippen molar-refractivity contribution in [3.63, 3.8) is 0 Å². The van der Waals surface area contributed by atoms with E-state index in [0.29, 0.717) is 0 Å². The zero-order valence-electron chi connectivity index (χ0n) is 13.0. The Kier molecular flexibility index (Phi) is 8.11. The number of unbranched alkanes of at least 4 members (excludes halogenated alkanes) is 4. The van der Waals surface area contributed by atoms with Crippen LogP contribution in [-0.2, 0) is 9.53 Å². The second-order valence-electron chi connectivity index (χ2n) is 6.03. The average molecular weight is 269 g/mol. The summed E-state index contributed by atoms with van der Waals surface area (Å²) < 4.78 is 5.57. The highest BCUT2D eigenvalue weighted by Gasteiger charge is 2.25. The smallest absolute Gasteiger partial charge is 0.309 e. The van der Waals surface area contributed by atoms with Crippen molar-refractivity contribution in [2.24, 2.45) is 5.92 Å². The van der Waals surface area contributed by atoms with Gasteiger partial charge in [-0.05, 0) is 52.7 Å². The molecule has 0 aliphatic carbocycles. The number of carbonyl (C=O) groups is 1. The largest absolute Gasteiger partial charge is 0.462 e. The summed E-state index contributed by atoms with van der Waals surface area (Å²) in [7, 11) is 2.11. The number of rotatable bonds is 8. The lowest BCUT2D eigenvalue weighted by Crippen LogP contribution is -2.35. The first-order valence-electron chi connectivity index (χ1n) is 8.02. The highest BCUT2D eigenvalue weighted by atomic mass is 16.5. The molecule has 0 spiro atoms. The number of hydrogen-bond acceptors (Lipinski definition) is 3. The SMILES string of the molecule is CCCCCCCC(C)OC(=O)C1CCN(C)CC1. The molecule has 0 radical (unpaired) electrons. The topological polar surface area (TPSA) is 29.5 Å². The molecule has 1 unspecified atom stereocenters. The lowest BCUT2D eigenvalue weighted by atomic mass is 9.97. The van der Waals surface area contributed by atoms with E-state index in [2.05, 4.69) is 18.9 Å². The molecule has 1 heterocycles. The van der Waals surface area contributed by atoms with Gasteiger partial charge in [-0.1, -0.05) is 32.6 Å². The molecule has 3 nitrogen and oxygen atoms in total. The second-order valence-corrected chi connectivity index (χ2v) is 6.03. The minimum absolute atomic E-state index is 0.0363. The Morgan fingerprint density at radius 1 is 1.21 bits per heavy atom. The van der Waals surface area contributed by atoms with Crippen molar-refractivity contribution >= 4 is 5.97 Å². The number of hydrogen-bond donors (Lipinski definition) is 0. The predicted molar refractivity (Wildman–Crippen MR) is 79.2 cm³/mol. The third-order valence-corrected chi connectivity index (χ3v) is 4.08. The summed E-state index contributed by atoms with van der Waals surface area (Å²) in [5.74, 6) is 0.174. The Morgan fingerprint density at radius 2 is 1.84 bits per heavy atom. The first-order valence-corrected chi connectivity index (χ1v) is 8.02. The van der Waals surface area contributed by atoms with Crippen LogP contribution in [0.1, 0.15) is 65.2 Å². The third-order valence-electron chi connectivity index (χ3n) is 4.08. The Morgan fingerprint density at radius 3 is 2.47 bits per heavy atom. The monoisotopic (exact) mass is 269 g/mol. The number of esters is 1. The Hall–Kier alpha value is -0.570. The fraction of sp³-hybridized carbons (Fsp3) is 0.938. The Labute approximate surface area is 118 Å². The summed E-state index contributed by atoms with van der Waals surface area (Å²) in [6.45, 7) is 6.30. The molecule has 1 fully saturated rings. The van der Waals surface area contributed by atoms with E-state index in [-0.39, 0.29) is 18.0 Å². The molecule has 0 amide bonds. The molecular formula is C16H31NO2. The molecule has 112 valence electrons. The van der Waals surface area contributed by atoms with Gasteiger partial charge in [0.2, 0.25) is 0 Å². The highest BCUT2D eigenvalue weighted by molar-refractivity contribution is 5.72. The molecule has 1 aliphatic heterocycles. The van der Waals surface area contributed by atoms with Gasteiger partial charge in [0.15, 0.2) is 0 Å². The zero-order chi connectivity index (χ0) is 14.1. The third kappa shape index (κ3) is 6.95. The van der Waals surface area contributed by atoms with Gasteiger partial charge in [-0.3, -0.25) is 4.79 Å². The van der Waals surface area contributed by atoms with E-state index in [4.69, 9.17) is 4.74 Å². The van der Waals surface area contributed by atoms with Crippen molar-refractivity contribution in [1.82, 2.24) is 4.90 Å². The van der Waals surface area contributed by atoms with Gasteiger partial charge in [0.05, 0.1) is 12.0 Å². The number of likely N-dealkylation sites (tertiary alicyclic amines) is 1. The van der Waals surface area contributed by atoms with Gasteiger partial charge in [-0.15, -0.1) is 0 Å². The Balaban J connectivity index is 2.10. The fourth-order valence-corrected chi connectivity index (χ4v) is 2.63. The van der Waals surface area contributed by atoms with Crippen LogP contribution in [0.25, 0.3) is 0 Å². The molecule has 1 saturated heterocycles. The molecule has 1 atom stereocenters. The summed E-state index contributed by atoms with van der Waals surface area (Å²) in [4.78, 5) is 14.3. The predicted octanol–water partition coefficient (Wildman–Crippen LogP) is 3.62. The molecule has 19 heavy (non-hydrogen) atoms. The van der Waals surface area contributed by atoms with E-state index in [1.165, 1.54) is 32.1 Å². The maximum Gasteiger partial charge on any atom is 0.309 e. The van der Waals surface area contributed by atoms with Gasteiger partial charge in [-0.2, -0.15) is 0 Å². The van der Waals surface area contributed by atoms with Crippen LogP contribution in [0, 0.1) is 5.92 Å². The lowest BCUT2D eigenvalue weighted by Gasteiger charge is -2.28. The van der Waals surface area contributed by atoms with Crippen molar-refractivity contribution in [3.05, 3.63) is 0 Å². The molecule has 1 rings (SSSR count). The lowest BCUT2D eigenvalue weighted by molar-refractivity contribution is -0.155. The first-order chi connectivity index (χ1) is 9.13. The summed E-state index contributed by atoms with van der Waals surface area (Å²) in [5.41, 5.74) is 0. The van der Waals surface area contributed by atoms with Gasteiger partial charge in [0, 0.05) is 0 Å². The van der Waals surface area contributed by atoms with Crippen LogP contribution in [0.3, 0.4) is 0 Å². The molecule has 0 saturated carbocycles. The molecule has 0 aromatic rings. The van der Waals surface area contributed by atoms with Crippen LogP contribution in [0.5, 0.6) is 0 Å². The highest BCUT2D eigenvalue weighted by Crippen LogP contribution is 2.19. The number of piperidine rings is 1. The zero-order valence-corrected chi connectivity index (χ0v) is 13.0. The minimum atomic E-state index is 0.0363. The van der Waals surface area contributed by atoms with Gasteiger partial charge in [0.1, 0.15) is 0 Å². The van der Waals surface area contributed by atoms with Gasteiger partial charge >= 0.3 is 5.97 Å². The molecule has 0 aromatic carbocycles. The van der Waals surface area contributed by atoms with Crippen LogP contribution < -0.4 is 0 Å². The van der Waals surface area contributed by atoms with Gasteiger partial charge in [0.25, 0.3) is 0 Å². The summed E-state index contributed by atoms with van der Waals surface area (Å²) in [5, 5.41) is 0. The second kappa shape index (κ2) is 9.35. The van der Waals surface area contributed by atoms with Crippen molar-refractivity contribution in [2.45, 2.75) is 71.3 Å². The van der Waals surface area contributed by atoms with Crippen molar-refractivity contribution in [3.8, 4) is 0 Å². The van der Waals surface area contributed by atoms with Gasteiger partial charge in [-0.25, -0.2) is 0 Å². The van der Waals surface area contributed by atoms with E-state index >= 15 is 0 Å². The summed E-state index contributed by atoms with van der Waals surface area (Å²) in [6.07, 6.45) is 9.38. The average Bonchev–Trinajstić information content (AvgIpc) is 2.39. The van der Waals surface area contributed by atoms with E-state index in [1.807, 2.05) is 6.92 Å². The quantitative estimate of drug-likeness (QED) is 0.498. The van der Waals surface area contributed by atoms with E-state index in [9.17, 15) is 4.79 Å². The number of carbonyl (C=O) groups excluding carboxylic acids is 1. The molecule has 3 heteroatoms. The van der Waals surface area contributed by atoms with Crippen LogP contribution in [0.4, 0.5) is 0 Å². The van der Waals surface area contributed by atoms with Crippen molar-refractivity contribution in [2.75, 3.05) is 20.1 Å². The summed E-state index contributed by atoms with van der Waals surface area (Å²) in [6, 6.07) is 0. The van der Waals surface area contributed by atoms with Crippen LogP contribution >= 0.6 is 0 Å². The maximum absolute atomic E-state index is 12.0. The van der Waals surface area contributed by atoms with Crippen LogP contribution in [-0.4, -0.2) is 37.1 Å². The van der Waals surface area contributed by atoms with E-state index < -0.39 is 0 Å². The minimum Gasteiger partial charge on any atom is -0.462 e. The standard InChI is InChI=1S/C16H31NO2/c1-4-5-6-7-8-9-14(2)19-16(18)15-10-12-17(3)13-11-15/h14-15H,4-13H2,1-3H3. The molecular weight excluding hydrogens is 238 g/mol. The molecule has 0 N–H and O–H groups in total. The molecule has 0 aromatic heterocycles. The normalized spacial score (nSPS) is 19.3. The number of ether oxygens (including phenoxy) is 1. The van der Waals surface area contributed by atoms with Crippen molar-refractivity contribution in [1.29, 1.82) is 0 Å². The first kappa shape index (κ1) is 16.5. The molecule has 1 aliphatic rings. The van der Waals surface area contributed by atoms with E-state index in [1.54, 1.807) is 0 Å². The van der Waals surface area contributed by atoms with E-state index in [0.717, 1.165) is 32.4 Å². The summed E-state index contributed by atoms with van der Waals surface area (Å²) >= 11 is 0. The fourth-order valence-electron chi connectivity index (χ4n) is 2.63. The van der Waals surface area contributed by atoms with Crippen molar-refractivity contribution < 1.29 is 9.53 Å².